The van der Waals surface area contributed by atoms with E-state index in [4.69, 9.17) is 14.0 Å². The van der Waals surface area contributed by atoms with Gasteiger partial charge in [-0.3, -0.25) is 4.55 Å². The smallest absolute Gasteiger partial charge is 0.267 e. The number of halogens is 1. The first-order valence-electron chi connectivity index (χ1n) is 8.69. The Kier molecular flexibility index (Phi) is 9.11. The lowest BCUT2D eigenvalue weighted by Crippen LogP contribution is -2.26. The first kappa shape index (κ1) is 22.5. The molecule has 7 nitrogen and oxygen atoms in total. The van der Waals surface area contributed by atoms with Gasteiger partial charge in [0.15, 0.2) is 11.5 Å². The number of rotatable bonds is 12. The highest BCUT2D eigenvalue weighted by molar-refractivity contribution is 7.85. The summed E-state index contributed by atoms with van der Waals surface area (Å²) in [6, 6.07) is 3.19. The summed E-state index contributed by atoms with van der Waals surface area (Å²) in [5, 5.41) is 9.66. The zero-order valence-electron chi connectivity index (χ0n) is 15.4. The van der Waals surface area contributed by atoms with Gasteiger partial charge in [-0.05, 0) is 33.6 Å². The van der Waals surface area contributed by atoms with Crippen molar-refractivity contribution in [3.05, 3.63) is 17.9 Å². The summed E-state index contributed by atoms with van der Waals surface area (Å²) in [4.78, 5) is 1.95. The van der Waals surface area contributed by atoms with Crippen molar-refractivity contribution in [2.45, 2.75) is 39.7 Å². The zero-order chi connectivity index (χ0) is 19.7. The second-order valence-electron chi connectivity index (χ2n) is 5.75. The van der Waals surface area contributed by atoms with Gasteiger partial charge in [-0.25, -0.2) is 0 Å². The quantitative estimate of drug-likeness (QED) is 0.527. The van der Waals surface area contributed by atoms with E-state index in [9.17, 15) is 17.9 Å². The van der Waals surface area contributed by atoms with E-state index in [0.29, 0.717) is 38.4 Å². The maximum Gasteiger partial charge on any atom is 0.267 e. The third-order valence-electron chi connectivity index (χ3n) is 3.71. The number of hydrogen-bond acceptors (Lipinski definition) is 6. The van der Waals surface area contributed by atoms with E-state index >= 15 is 0 Å². The van der Waals surface area contributed by atoms with Gasteiger partial charge in [0.2, 0.25) is 5.82 Å². The van der Waals surface area contributed by atoms with Gasteiger partial charge in [0.05, 0.1) is 19.3 Å². The van der Waals surface area contributed by atoms with Gasteiger partial charge in [-0.1, -0.05) is 0 Å². The summed E-state index contributed by atoms with van der Waals surface area (Å²) in [7, 11) is -4.20. The molecule has 0 aliphatic heterocycles. The maximum absolute atomic E-state index is 14.3. The van der Waals surface area contributed by atoms with Gasteiger partial charge in [0.25, 0.3) is 10.1 Å². The van der Waals surface area contributed by atoms with Crippen LogP contribution >= 0.6 is 0 Å². The molecule has 0 saturated heterocycles. The van der Waals surface area contributed by atoms with E-state index in [1.165, 1.54) is 0 Å². The molecule has 0 aromatic heterocycles. The van der Waals surface area contributed by atoms with Crippen LogP contribution in [0.25, 0.3) is 0 Å². The fourth-order valence-corrected chi connectivity index (χ4v) is 3.23. The van der Waals surface area contributed by atoms with E-state index in [0.717, 1.165) is 0 Å². The molecule has 1 unspecified atom stereocenters. The molecule has 1 rings (SSSR count). The number of hydrogen-bond donors (Lipinski definition) is 2. The molecule has 0 amide bonds. The highest BCUT2D eigenvalue weighted by Gasteiger charge is 2.17. The predicted molar refractivity (Wildman–Crippen MR) is 98.3 cm³/mol. The number of aliphatic hydroxyl groups excluding tert-OH is 1. The van der Waals surface area contributed by atoms with Crippen molar-refractivity contribution in [2.75, 3.05) is 37.0 Å². The zero-order valence-corrected chi connectivity index (χ0v) is 16.3. The molecule has 26 heavy (non-hydrogen) atoms. The largest absolute Gasteiger partial charge is 0.491 e. The predicted octanol–water partition coefficient (Wildman–Crippen LogP) is 2.48. The second kappa shape index (κ2) is 10.5. The SMILES string of the molecule is CCOc1cc(N(CC)CCCC(O)CS(=O)(=O)O)cc(OCC)c1F. The van der Waals surface area contributed by atoms with Gasteiger partial charge in [0.1, 0.15) is 5.75 Å². The number of nitrogens with zero attached hydrogens (tertiary/aromatic N) is 1. The summed E-state index contributed by atoms with van der Waals surface area (Å²) >= 11 is 0. The molecular weight excluding hydrogens is 365 g/mol. The van der Waals surface area contributed by atoms with Gasteiger partial charge < -0.3 is 19.5 Å². The Labute approximate surface area is 154 Å². The van der Waals surface area contributed by atoms with Crippen LogP contribution in [-0.2, 0) is 10.1 Å². The topological polar surface area (TPSA) is 96.3 Å². The highest BCUT2D eigenvalue weighted by Crippen LogP contribution is 2.33. The highest BCUT2D eigenvalue weighted by atomic mass is 32.2. The minimum Gasteiger partial charge on any atom is -0.491 e. The molecule has 0 bridgehead atoms. The minimum atomic E-state index is -4.20. The summed E-state index contributed by atoms with van der Waals surface area (Å²) in [6.45, 7) is 7.23. The Bertz CT molecular complexity index is 640. The number of ether oxygens (including phenoxy) is 2. The van der Waals surface area contributed by atoms with E-state index in [1.807, 2.05) is 11.8 Å². The lowest BCUT2D eigenvalue weighted by molar-refractivity contribution is 0.182. The van der Waals surface area contributed by atoms with Crippen LogP contribution in [-0.4, -0.2) is 56.2 Å². The normalized spacial score (nSPS) is 12.7. The molecule has 0 heterocycles. The van der Waals surface area contributed by atoms with E-state index in [2.05, 4.69) is 0 Å². The lowest BCUT2D eigenvalue weighted by Gasteiger charge is -2.25. The molecule has 0 fully saturated rings. The first-order valence-corrected chi connectivity index (χ1v) is 10.3. The van der Waals surface area contributed by atoms with Gasteiger partial charge >= 0.3 is 0 Å². The molecule has 150 valence electrons. The van der Waals surface area contributed by atoms with Crippen molar-refractivity contribution in [3.63, 3.8) is 0 Å². The molecule has 2 N–H and O–H groups in total. The molecule has 0 aliphatic carbocycles. The molecule has 1 aromatic rings. The van der Waals surface area contributed by atoms with Gasteiger partial charge in [-0.15, -0.1) is 0 Å². The molecule has 1 atom stereocenters. The summed E-state index contributed by atoms with van der Waals surface area (Å²) in [5.41, 5.74) is 0.713. The van der Waals surface area contributed by atoms with Gasteiger partial charge in [-0.2, -0.15) is 12.8 Å². The van der Waals surface area contributed by atoms with E-state index in [-0.39, 0.29) is 17.9 Å². The Hall–Kier alpha value is -1.58. The van der Waals surface area contributed by atoms with Crippen molar-refractivity contribution in [1.29, 1.82) is 0 Å². The number of benzene rings is 1. The fraction of sp³-hybridized carbons (Fsp3) is 0.647. The molecule has 0 spiro atoms. The summed E-state index contributed by atoms with van der Waals surface area (Å²) in [5.74, 6) is -1.01. The Morgan fingerprint density at radius 1 is 1.15 bits per heavy atom. The molecule has 0 saturated carbocycles. The molecular formula is C17H28FNO6S. The average molecular weight is 393 g/mol. The fourth-order valence-electron chi connectivity index (χ4n) is 2.58. The van der Waals surface area contributed by atoms with Crippen molar-refractivity contribution in [2.24, 2.45) is 0 Å². The van der Waals surface area contributed by atoms with Crippen molar-refractivity contribution in [1.82, 2.24) is 0 Å². The summed E-state index contributed by atoms with van der Waals surface area (Å²) < 4.78 is 55.3. The molecule has 1 aromatic carbocycles. The Morgan fingerprint density at radius 2 is 1.69 bits per heavy atom. The number of anilines is 1. The van der Waals surface area contributed by atoms with Crippen LogP contribution in [0.5, 0.6) is 11.5 Å². The van der Waals surface area contributed by atoms with Crippen LogP contribution in [0.15, 0.2) is 12.1 Å². The molecule has 0 aliphatic rings. The van der Waals surface area contributed by atoms with Crippen LogP contribution in [0.3, 0.4) is 0 Å². The third-order valence-corrected chi connectivity index (χ3v) is 4.51. The van der Waals surface area contributed by atoms with Crippen LogP contribution < -0.4 is 14.4 Å². The summed E-state index contributed by atoms with van der Waals surface area (Å²) in [6.07, 6.45) is -0.417. The molecule has 9 heteroatoms. The van der Waals surface area contributed by atoms with E-state index < -0.39 is 27.8 Å². The van der Waals surface area contributed by atoms with Crippen LogP contribution in [0, 0.1) is 5.82 Å². The Morgan fingerprint density at radius 3 is 2.12 bits per heavy atom. The van der Waals surface area contributed by atoms with Crippen molar-refractivity contribution in [3.8, 4) is 11.5 Å². The van der Waals surface area contributed by atoms with Gasteiger partial charge in [0, 0.05) is 30.9 Å². The lowest BCUT2D eigenvalue weighted by atomic mass is 10.2. The standard InChI is InChI=1S/C17H28FNO6S/c1-4-19(9-7-8-14(20)12-26(21,22)23)13-10-15(24-5-2)17(18)16(11-13)25-6-3/h10-11,14,20H,4-9,12H2,1-3H3,(H,21,22,23). The molecule has 0 radical (unpaired) electrons. The van der Waals surface area contributed by atoms with Crippen LogP contribution in [0.1, 0.15) is 33.6 Å². The second-order valence-corrected chi connectivity index (χ2v) is 7.24. The van der Waals surface area contributed by atoms with Crippen molar-refractivity contribution >= 4 is 15.8 Å². The number of aliphatic hydroxyl groups is 1. The average Bonchev–Trinajstić information content (AvgIpc) is 2.54. The third kappa shape index (κ3) is 7.35. The van der Waals surface area contributed by atoms with E-state index in [1.54, 1.807) is 26.0 Å². The Balaban J connectivity index is 2.85. The maximum atomic E-state index is 14.3. The monoisotopic (exact) mass is 393 g/mol. The minimum absolute atomic E-state index is 0.110. The van der Waals surface area contributed by atoms with Crippen molar-refractivity contribution < 1.29 is 31.9 Å². The first-order chi connectivity index (χ1) is 12.2. The van der Waals surface area contributed by atoms with Crippen LogP contribution in [0.2, 0.25) is 0 Å². The van der Waals surface area contributed by atoms with Crippen LogP contribution in [0.4, 0.5) is 10.1 Å².